The molecule has 1 aliphatic carbocycles. The van der Waals surface area contributed by atoms with Gasteiger partial charge in [0.2, 0.25) is 10.0 Å². The third kappa shape index (κ3) is 3.67. The molecule has 1 heterocycles. The van der Waals surface area contributed by atoms with Gasteiger partial charge in [-0.3, -0.25) is 4.79 Å². The van der Waals surface area contributed by atoms with Crippen LogP contribution in [-0.4, -0.2) is 20.9 Å². The van der Waals surface area contributed by atoms with E-state index >= 15 is 0 Å². The molecule has 1 aromatic rings. The molecule has 21 heavy (non-hydrogen) atoms. The predicted molar refractivity (Wildman–Crippen MR) is 81.3 cm³/mol. The van der Waals surface area contributed by atoms with Gasteiger partial charge in [-0.25, -0.2) is 13.6 Å². The molecule has 3 N–H and O–H groups in total. The van der Waals surface area contributed by atoms with Gasteiger partial charge < -0.3 is 9.73 Å². The average Bonchev–Trinajstić information content (AvgIpc) is 3.02. The lowest BCUT2D eigenvalue weighted by Crippen LogP contribution is -2.35. The Hall–Kier alpha value is -0.860. The van der Waals surface area contributed by atoms with Crippen molar-refractivity contribution in [3.8, 4) is 0 Å². The van der Waals surface area contributed by atoms with Gasteiger partial charge in [0.1, 0.15) is 4.90 Å². The van der Waals surface area contributed by atoms with Crippen LogP contribution >= 0.6 is 15.9 Å². The zero-order chi connectivity index (χ0) is 15.7. The van der Waals surface area contributed by atoms with Crippen LogP contribution in [0.5, 0.6) is 0 Å². The lowest BCUT2D eigenvalue weighted by atomic mass is 9.83. The van der Waals surface area contributed by atoms with Crippen LogP contribution in [0.25, 0.3) is 0 Å². The topological polar surface area (TPSA) is 102 Å². The van der Waals surface area contributed by atoms with Crippen LogP contribution in [0.4, 0.5) is 0 Å². The molecule has 0 aromatic carbocycles. The molecule has 1 aromatic heterocycles. The van der Waals surface area contributed by atoms with Gasteiger partial charge in [0.15, 0.2) is 10.4 Å². The fraction of sp³-hybridized carbons (Fsp3) is 0.615. The smallest absolute Gasteiger partial charge is 0.287 e. The first kappa shape index (κ1) is 16.5. The van der Waals surface area contributed by atoms with Crippen LogP contribution in [-0.2, 0) is 10.0 Å². The third-order valence-electron chi connectivity index (χ3n) is 4.22. The van der Waals surface area contributed by atoms with Gasteiger partial charge in [0.05, 0.1) is 0 Å². The van der Waals surface area contributed by atoms with Gasteiger partial charge >= 0.3 is 0 Å². The average molecular weight is 379 g/mol. The molecular formula is C13H19BrN2O4S. The first-order chi connectivity index (χ1) is 9.77. The molecule has 0 unspecified atom stereocenters. The number of amides is 1. The van der Waals surface area contributed by atoms with Crippen LogP contribution in [0.15, 0.2) is 20.0 Å². The molecule has 1 aliphatic rings. The van der Waals surface area contributed by atoms with Crippen molar-refractivity contribution in [2.24, 2.45) is 10.6 Å². The maximum absolute atomic E-state index is 12.1. The normalized spacial score (nSPS) is 17.9. The molecule has 1 amide bonds. The van der Waals surface area contributed by atoms with Crippen molar-refractivity contribution in [2.45, 2.75) is 43.9 Å². The highest BCUT2D eigenvalue weighted by atomic mass is 79.9. The number of sulfonamides is 1. The van der Waals surface area contributed by atoms with E-state index in [1.165, 1.54) is 12.8 Å². The minimum absolute atomic E-state index is 0.0544. The van der Waals surface area contributed by atoms with Crippen LogP contribution in [0.1, 0.15) is 49.6 Å². The van der Waals surface area contributed by atoms with Crippen molar-refractivity contribution >= 4 is 31.9 Å². The zero-order valence-corrected chi connectivity index (χ0v) is 14.2. The molecule has 2 rings (SSSR count). The molecule has 6 nitrogen and oxygen atoms in total. The van der Waals surface area contributed by atoms with Gasteiger partial charge in [0.25, 0.3) is 5.91 Å². The summed E-state index contributed by atoms with van der Waals surface area (Å²) < 4.78 is 27.7. The number of halogens is 1. The SMILES string of the molecule is CCC1(CNC(=O)c2cc(S(N)(=O)=O)c(Br)o2)CCCC1. The number of rotatable bonds is 5. The van der Waals surface area contributed by atoms with Crippen LogP contribution in [0.3, 0.4) is 0 Å². The quantitative estimate of drug-likeness (QED) is 0.820. The monoisotopic (exact) mass is 378 g/mol. The molecule has 0 aliphatic heterocycles. The number of hydrogen-bond donors (Lipinski definition) is 2. The maximum Gasteiger partial charge on any atom is 0.287 e. The summed E-state index contributed by atoms with van der Waals surface area (Å²) >= 11 is 2.96. The predicted octanol–water partition coefficient (Wildman–Crippen LogP) is 2.39. The molecule has 0 bridgehead atoms. The van der Waals surface area contributed by atoms with E-state index < -0.39 is 15.9 Å². The molecule has 8 heteroatoms. The fourth-order valence-electron chi connectivity index (χ4n) is 2.79. The summed E-state index contributed by atoms with van der Waals surface area (Å²) in [5.74, 6) is -0.486. The molecular weight excluding hydrogens is 360 g/mol. The third-order valence-corrected chi connectivity index (χ3v) is 5.99. The van der Waals surface area contributed by atoms with E-state index in [4.69, 9.17) is 9.56 Å². The largest absolute Gasteiger partial charge is 0.443 e. The first-order valence-corrected chi connectivity index (χ1v) is 9.22. The van der Waals surface area contributed by atoms with Crippen LogP contribution < -0.4 is 10.5 Å². The Morgan fingerprint density at radius 1 is 1.48 bits per heavy atom. The van der Waals surface area contributed by atoms with E-state index in [1.807, 2.05) is 0 Å². The minimum Gasteiger partial charge on any atom is -0.443 e. The molecule has 0 saturated heterocycles. The van der Waals surface area contributed by atoms with Gasteiger partial charge in [0, 0.05) is 12.6 Å². The highest BCUT2D eigenvalue weighted by Gasteiger charge is 2.32. The summed E-state index contributed by atoms with van der Waals surface area (Å²) in [5, 5.41) is 7.87. The molecule has 118 valence electrons. The number of nitrogens with two attached hydrogens (primary N) is 1. The zero-order valence-electron chi connectivity index (χ0n) is 11.8. The fourth-order valence-corrected chi connectivity index (χ4v) is 4.30. The standard InChI is InChI=1S/C13H19BrN2O4S/c1-2-13(5-3-4-6-13)8-16-12(17)9-7-10(11(14)20-9)21(15,18)19/h7H,2-6,8H2,1H3,(H,16,17)(H2,15,18,19). The summed E-state index contributed by atoms with van der Waals surface area (Å²) in [7, 11) is -3.91. The van der Waals surface area contributed by atoms with Crippen LogP contribution in [0, 0.1) is 5.41 Å². The van der Waals surface area contributed by atoms with E-state index in [2.05, 4.69) is 28.2 Å². The van der Waals surface area contributed by atoms with Crippen molar-refractivity contribution in [1.82, 2.24) is 5.32 Å². The van der Waals surface area contributed by atoms with Crippen molar-refractivity contribution in [3.05, 3.63) is 16.5 Å². The summed E-state index contributed by atoms with van der Waals surface area (Å²) in [6.45, 7) is 2.70. The van der Waals surface area contributed by atoms with Gasteiger partial charge in [-0.2, -0.15) is 0 Å². The highest BCUT2D eigenvalue weighted by molar-refractivity contribution is 9.10. The van der Waals surface area contributed by atoms with E-state index in [0.717, 1.165) is 25.3 Å². The molecule has 1 fully saturated rings. The van der Waals surface area contributed by atoms with E-state index in [1.54, 1.807) is 0 Å². The van der Waals surface area contributed by atoms with Crippen molar-refractivity contribution < 1.29 is 17.6 Å². The number of hydrogen-bond acceptors (Lipinski definition) is 4. The number of nitrogens with one attached hydrogen (secondary N) is 1. The van der Waals surface area contributed by atoms with Gasteiger partial charge in [-0.05, 0) is 40.6 Å². The van der Waals surface area contributed by atoms with E-state index in [0.29, 0.717) is 6.54 Å². The second-order valence-electron chi connectivity index (χ2n) is 5.54. The van der Waals surface area contributed by atoms with Gasteiger partial charge in [-0.15, -0.1) is 0 Å². The molecule has 0 spiro atoms. The van der Waals surface area contributed by atoms with E-state index in [-0.39, 0.29) is 20.7 Å². The number of carbonyl (C=O) groups is 1. The van der Waals surface area contributed by atoms with Gasteiger partial charge in [-0.1, -0.05) is 19.8 Å². The second kappa shape index (κ2) is 6.10. The summed E-state index contributed by atoms with van der Waals surface area (Å²) in [6.07, 6.45) is 5.59. The second-order valence-corrected chi connectivity index (χ2v) is 7.79. The number of carbonyl (C=O) groups excluding carboxylic acids is 1. The van der Waals surface area contributed by atoms with E-state index in [9.17, 15) is 13.2 Å². The molecule has 0 atom stereocenters. The van der Waals surface area contributed by atoms with Crippen molar-refractivity contribution in [3.63, 3.8) is 0 Å². The Morgan fingerprint density at radius 2 is 2.10 bits per heavy atom. The first-order valence-electron chi connectivity index (χ1n) is 6.88. The van der Waals surface area contributed by atoms with Crippen molar-refractivity contribution in [1.29, 1.82) is 0 Å². The lowest BCUT2D eigenvalue weighted by molar-refractivity contribution is 0.0899. The lowest BCUT2D eigenvalue weighted by Gasteiger charge is -2.27. The highest BCUT2D eigenvalue weighted by Crippen LogP contribution is 2.40. The Bertz CT molecular complexity index is 633. The maximum atomic E-state index is 12.1. The molecule has 0 radical (unpaired) electrons. The summed E-state index contributed by atoms with van der Waals surface area (Å²) in [5.41, 5.74) is 0.155. The number of primary sulfonamides is 1. The Balaban J connectivity index is 2.07. The minimum atomic E-state index is -3.91. The number of furan rings is 1. The Kier molecular flexibility index (Phi) is 4.79. The summed E-state index contributed by atoms with van der Waals surface area (Å²) in [6, 6.07) is 1.14. The summed E-state index contributed by atoms with van der Waals surface area (Å²) in [4.78, 5) is 11.9. The Labute approximate surface area is 132 Å². The molecule has 1 saturated carbocycles. The Morgan fingerprint density at radius 3 is 2.57 bits per heavy atom. The van der Waals surface area contributed by atoms with Crippen molar-refractivity contribution in [2.75, 3.05) is 6.54 Å². The van der Waals surface area contributed by atoms with Crippen LogP contribution in [0.2, 0.25) is 0 Å².